The summed E-state index contributed by atoms with van der Waals surface area (Å²) < 4.78 is 3.99. The van der Waals surface area contributed by atoms with Crippen LogP contribution in [0.15, 0.2) is 179 Å². The summed E-state index contributed by atoms with van der Waals surface area (Å²) in [5, 5.41) is 35.3. The van der Waals surface area contributed by atoms with Crippen molar-refractivity contribution in [3.63, 3.8) is 0 Å². The first-order valence-electron chi connectivity index (χ1n) is 21.1. The summed E-state index contributed by atoms with van der Waals surface area (Å²) in [7, 11) is 4.00. The van der Waals surface area contributed by atoms with Crippen molar-refractivity contribution in [3.05, 3.63) is 219 Å². The number of aryl methyl sites for hydroxylation is 9. The molecule has 20 heteroatoms. The molecule has 0 saturated heterocycles. The molecular formula is C49H56N20. The van der Waals surface area contributed by atoms with Crippen molar-refractivity contribution in [2.45, 2.75) is 48.5 Å². The van der Waals surface area contributed by atoms with Crippen LogP contribution in [0.3, 0.4) is 0 Å². The van der Waals surface area contributed by atoms with E-state index in [2.05, 4.69) is 151 Å². The third kappa shape index (κ3) is 25.2. The summed E-state index contributed by atoms with van der Waals surface area (Å²) in [4.78, 5) is 33.9. The monoisotopic (exact) mass is 924 g/mol. The Labute approximate surface area is 401 Å². The number of nitrogens with zero attached hydrogens (tertiary/aromatic N) is 20. The van der Waals surface area contributed by atoms with Gasteiger partial charge in [-0.2, -0.15) is 30.6 Å². The van der Waals surface area contributed by atoms with E-state index in [9.17, 15) is 0 Å². The maximum absolute atomic E-state index is 4.11. The minimum absolute atomic E-state index is 0.711. The fourth-order valence-electron chi connectivity index (χ4n) is 4.69. The first-order valence-corrected chi connectivity index (χ1v) is 21.1. The van der Waals surface area contributed by atoms with E-state index in [1.807, 2.05) is 95.9 Å². The van der Waals surface area contributed by atoms with Crippen LogP contribution in [0, 0.1) is 48.5 Å². The highest BCUT2D eigenvalue weighted by Crippen LogP contribution is 2.12. The molecule has 0 aliphatic heterocycles. The Bertz CT molecular complexity index is 2470. The predicted molar refractivity (Wildman–Crippen MR) is 264 cm³/mol. The summed E-state index contributed by atoms with van der Waals surface area (Å²) in [6.45, 7) is 13.3. The Kier molecular flexibility index (Phi) is 26.1. The zero-order valence-corrected chi connectivity index (χ0v) is 40.2. The minimum atomic E-state index is 0.711. The number of aromatic nitrogens is 20. The van der Waals surface area contributed by atoms with Crippen LogP contribution in [0.2, 0.25) is 0 Å². The Morgan fingerprint density at radius 2 is 1.03 bits per heavy atom. The maximum Gasteiger partial charge on any atom is 0.147 e. The third-order valence-electron chi connectivity index (χ3n) is 8.20. The second-order valence-corrected chi connectivity index (χ2v) is 14.0. The number of benzene rings is 2. The number of fused-ring (bicyclic) bond motifs is 2. The molecule has 9 heterocycles. The van der Waals surface area contributed by atoms with E-state index in [1.165, 1.54) is 59.0 Å². The van der Waals surface area contributed by atoms with Crippen molar-refractivity contribution in [1.29, 1.82) is 0 Å². The zero-order valence-electron chi connectivity index (χ0n) is 40.2. The van der Waals surface area contributed by atoms with Gasteiger partial charge in [-0.1, -0.05) is 36.4 Å². The average Bonchev–Trinajstić information content (AvgIpc) is 3.96. The second-order valence-electron chi connectivity index (χ2n) is 14.0. The lowest BCUT2D eigenvalue weighted by Crippen LogP contribution is -1.87. The first-order chi connectivity index (χ1) is 33.5. The van der Waals surface area contributed by atoms with Crippen LogP contribution in [0.4, 0.5) is 0 Å². The van der Waals surface area contributed by atoms with Gasteiger partial charge in [0.15, 0.2) is 0 Å². The van der Waals surface area contributed by atoms with Gasteiger partial charge in [-0.05, 0) is 107 Å². The van der Waals surface area contributed by atoms with E-state index >= 15 is 0 Å². The van der Waals surface area contributed by atoms with Crippen molar-refractivity contribution in [1.82, 2.24) is 100.0 Å². The van der Waals surface area contributed by atoms with Gasteiger partial charge in [0, 0.05) is 67.9 Å². The van der Waals surface area contributed by atoms with Gasteiger partial charge in [-0.3, -0.25) is 9.67 Å². The maximum atomic E-state index is 4.11. The average molecular weight is 925 g/mol. The smallest absolute Gasteiger partial charge is 0.147 e. The van der Waals surface area contributed by atoms with Crippen molar-refractivity contribution >= 4 is 21.8 Å². The SMILES string of the molecule is Cc1ccncc1.Cc1ccncn1.Cc1ccnnc1.Cc1cncnn1.Cc1cnncn1.Cc1nccnn1.Cc1ncncn1.Cn1ccc2ccccc21.Cn1ncc2ccccc21. The van der Waals surface area contributed by atoms with E-state index in [4.69, 9.17) is 0 Å². The van der Waals surface area contributed by atoms with E-state index in [0.29, 0.717) is 5.82 Å². The van der Waals surface area contributed by atoms with Gasteiger partial charge in [-0.15, -0.1) is 15.3 Å². The number of hydrogen-bond acceptors (Lipinski definition) is 18. The van der Waals surface area contributed by atoms with E-state index < -0.39 is 0 Å². The number of pyridine rings is 1. The molecule has 0 N–H and O–H groups in total. The quantitative estimate of drug-likeness (QED) is 0.143. The van der Waals surface area contributed by atoms with Gasteiger partial charge in [0.25, 0.3) is 0 Å². The summed E-state index contributed by atoms with van der Waals surface area (Å²) >= 11 is 0. The van der Waals surface area contributed by atoms with Crippen LogP contribution in [0.5, 0.6) is 0 Å². The molecule has 0 aliphatic carbocycles. The standard InChI is InChI=1S/C9H9N.C8H8N2.C6H7N.2C5H6N2.4C4H5N3/c1-10-7-6-8-4-2-3-5-9(8)10;1-10-8-5-3-2-4-7(8)6-9-10;1-6-2-4-7-5-3-6;1-5-2-3-6-4-7-5;1-5-2-3-6-7-4-5;1-4-6-2-5-3-7-4;1-4-2-6-7-3-5-4;1-4-2-5-3-6-7-4;1-4-5-2-3-6-7-4/h2-7H,1H3;2-6H,1H3;2-5H,1H3;2*2-4H,1H3;4*2-3H,1H3. The molecule has 69 heavy (non-hydrogen) atoms. The van der Waals surface area contributed by atoms with Crippen molar-refractivity contribution in [2.75, 3.05) is 0 Å². The van der Waals surface area contributed by atoms with Crippen LogP contribution < -0.4 is 0 Å². The van der Waals surface area contributed by atoms with Gasteiger partial charge >= 0.3 is 0 Å². The topological polar surface area (TPSA) is 242 Å². The molecule has 0 aliphatic rings. The lowest BCUT2D eigenvalue weighted by atomic mass is 10.2. The van der Waals surface area contributed by atoms with Crippen LogP contribution in [0.25, 0.3) is 21.8 Å². The second kappa shape index (κ2) is 33.3. The fraction of sp³-hybridized carbons (Fsp3) is 0.184. The Hall–Kier alpha value is -9.20. The molecule has 11 rings (SSSR count). The lowest BCUT2D eigenvalue weighted by molar-refractivity contribution is 0.797. The van der Waals surface area contributed by atoms with Crippen molar-refractivity contribution < 1.29 is 0 Å². The number of rotatable bonds is 0. The molecule has 0 spiro atoms. The van der Waals surface area contributed by atoms with E-state index in [-0.39, 0.29) is 0 Å². The molecule has 0 atom stereocenters. The third-order valence-corrected chi connectivity index (χ3v) is 8.20. The Balaban J connectivity index is 0.000000206. The minimum Gasteiger partial charge on any atom is -0.351 e. The van der Waals surface area contributed by atoms with Crippen LogP contribution >= 0.6 is 0 Å². The molecule has 0 bridgehead atoms. The fourth-order valence-corrected chi connectivity index (χ4v) is 4.69. The Morgan fingerprint density at radius 3 is 1.43 bits per heavy atom. The van der Waals surface area contributed by atoms with Gasteiger partial charge in [-0.25, -0.2) is 39.9 Å². The van der Waals surface area contributed by atoms with Gasteiger partial charge in [0.05, 0.1) is 47.9 Å². The highest BCUT2D eigenvalue weighted by Gasteiger charge is 1.94. The van der Waals surface area contributed by atoms with Gasteiger partial charge < -0.3 is 4.57 Å². The first kappa shape index (κ1) is 54.1. The zero-order chi connectivity index (χ0) is 49.7. The molecule has 0 amide bonds. The molecule has 0 radical (unpaired) electrons. The molecule has 0 unspecified atom stereocenters. The lowest BCUT2D eigenvalue weighted by Gasteiger charge is -1.92. The number of para-hydroxylation sites is 2. The normalized spacial score (nSPS) is 9.23. The molecule has 0 fully saturated rings. The summed E-state index contributed by atoms with van der Waals surface area (Å²) in [5.74, 6) is 1.47. The van der Waals surface area contributed by atoms with Gasteiger partial charge in [0.2, 0.25) is 0 Å². The van der Waals surface area contributed by atoms with Crippen molar-refractivity contribution in [2.24, 2.45) is 14.1 Å². The summed E-state index contributed by atoms with van der Waals surface area (Å²) in [5.41, 5.74) is 7.64. The van der Waals surface area contributed by atoms with Crippen molar-refractivity contribution in [3.8, 4) is 0 Å². The molecular weight excluding hydrogens is 869 g/mol. The van der Waals surface area contributed by atoms with E-state index in [0.717, 1.165) is 28.5 Å². The largest absolute Gasteiger partial charge is 0.351 e. The summed E-state index contributed by atoms with van der Waals surface area (Å²) in [6, 6.07) is 26.3. The van der Waals surface area contributed by atoms with E-state index in [1.54, 1.807) is 62.7 Å². The molecule has 11 aromatic rings. The van der Waals surface area contributed by atoms with Gasteiger partial charge in [0.1, 0.15) is 43.3 Å². The molecule has 0 saturated carbocycles. The highest BCUT2D eigenvalue weighted by molar-refractivity contribution is 5.79. The summed E-state index contributed by atoms with van der Waals surface area (Å²) in [6.07, 6.45) is 26.4. The van der Waals surface area contributed by atoms with Crippen LogP contribution in [-0.4, -0.2) is 100.0 Å². The van der Waals surface area contributed by atoms with Crippen LogP contribution in [-0.2, 0) is 14.1 Å². The molecule has 9 aromatic heterocycles. The van der Waals surface area contributed by atoms with Crippen LogP contribution in [0.1, 0.15) is 39.9 Å². The molecule has 352 valence electrons. The molecule has 20 nitrogen and oxygen atoms in total. The predicted octanol–water partition coefficient (Wildman–Crippen LogP) is 7.43. The molecule has 2 aromatic carbocycles. The Morgan fingerprint density at radius 1 is 0.362 bits per heavy atom. The number of hydrogen-bond donors (Lipinski definition) is 0. The highest BCUT2D eigenvalue weighted by atomic mass is 15.2.